The third-order valence-electron chi connectivity index (χ3n) is 6.22. The van der Waals surface area contributed by atoms with Gasteiger partial charge < -0.3 is 40.3 Å². The van der Waals surface area contributed by atoms with Crippen molar-refractivity contribution in [3.05, 3.63) is 60.0 Å². The first-order chi connectivity index (χ1) is 19.6. The first-order valence-corrected chi connectivity index (χ1v) is 16.4. The summed E-state index contributed by atoms with van der Waals surface area (Å²) in [5.74, 6) is 0.0960. The standard InChI is InChI=1S/C21H24N5O13P3/c22-19-16-14(8-12-6-3-5-11-4-1-2-7-13(11)12)25-26(20(16)24-10-23-19)21-18(28)17(27)15(37-21)9-36-41(32,33)39-42(34,35)38-40(29,30)31/h1-7,10,15,17-18,21,27-28H,8-9H2,(H,32,33)(H,34,35)(H2,22,23,24)(H2,29,30,31)/t15-,17?,18?,21-/m1/s1. The molecule has 0 amide bonds. The lowest BCUT2D eigenvalue weighted by Crippen LogP contribution is -2.33. The van der Waals surface area contributed by atoms with Gasteiger partial charge in [-0.05, 0) is 16.3 Å². The maximum atomic E-state index is 12.1. The number of nitrogens with zero attached hydrogens (tertiary/aromatic N) is 4. The van der Waals surface area contributed by atoms with Crippen molar-refractivity contribution < 1.29 is 61.4 Å². The Morgan fingerprint density at radius 1 is 0.929 bits per heavy atom. The SMILES string of the molecule is Nc1ncnc2c1c(Cc1cccc3ccccc13)nn2[C@@H]1O[C@H](COP(=O)(O)OP(=O)(O)OP(=O)(O)O)C(O)C1O. The van der Waals surface area contributed by atoms with Gasteiger partial charge in [-0.3, -0.25) is 4.52 Å². The topological polar surface area (TPSA) is 279 Å². The fourth-order valence-corrected chi connectivity index (χ4v) is 7.57. The van der Waals surface area contributed by atoms with Crippen LogP contribution in [0.3, 0.4) is 0 Å². The van der Waals surface area contributed by atoms with Crippen LogP contribution in [0.1, 0.15) is 17.5 Å². The van der Waals surface area contributed by atoms with Crippen molar-refractivity contribution in [3.8, 4) is 0 Å². The molecule has 0 aliphatic carbocycles. The van der Waals surface area contributed by atoms with Gasteiger partial charge in [0.2, 0.25) is 0 Å². The van der Waals surface area contributed by atoms with Gasteiger partial charge in [0.15, 0.2) is 11.9 Å². The van der Waals surface area contributed by atoms with E-state index >= 15 is 0 Å². The molecule has 1 aliphatic heterocycles. The maximum absolute atomic E-state index is 12.1. The summed E-state index contributed by atoms with van der Waals surface area (Å²) in [6.45, 7) is -0.988. The number of aromatic nitrogens is 4. The Bertz CT molecular complexity index is 1780. The fourth-order valence-electron chi connectivity index (χ4n) is 4.54. The van der Waals surface area contributed by atoms with Crippen LogP contribution in [0.25, 0.3) is 21.8 Å². The molecule has 6 atom stereocenters. The number of nitrogen functional groups attached to an aromatic ring is 1. The largest absolute Gasteiger partial charge is 0.490 e. The lowest BCUT2D eigenvalue weighted by atomic mass is 10.0. The van der Waals surface area contributed by atoms with Gasteiger partial charge in [-0.2, -0.15) is 13.7 Å². The Balaban J connectivity index is 1.39. The molecule has 21 heteroatoms. The predicted octanol–water partition coefficient (Wildman–Crippen LogP) is 1.11. The van der Waals surface area contributed by atoms with Gasteiger partial charge in [0.25, 0.3) is 0 Å². The van der Waals surface area contributed by atoms with Crippen molar-refractivity contribution in [2.24, 2.45) is 0 Å². The second-order valence-electron chi connectivity index (χ2n) is 9.10. The number of aliphatic hydroxyl groups excluding tert-OH is 2. The minimum Gasteiger partial charge on any atom is -0.387 e. The molecule has 1 fully saturated rings. The van der Waals surface area contributed by atoms with Crippen LogP contribution < -0.4 is 5.73 Å². The van der Waals surface area contributed by atoms with E-state index < -0.39 is 54.6 Å². The zero-order valence-corrected chi connectivity index (χ0v) is 23.8. The summed E-state index contributed by atoms with van der Waals surface area (Å²) in [4.78, 5) is 44.6. The van der Waals surface area contributed by atoms with Crippen LogP contribution in [0, 0.1) is 0 Å². The third kappa shape index (κ3) is 6.61. The molecule has 5 rings (SSSR count). The van der Waals surface area contributed by atoms with Crippen molar-refractivity contribution in [1.29, 1.82) is 0 Å². The van der Waals surface area contributed by atoms with Gasteiger partial charge in [-0.25, -0.2) is 28.3 Å². The smallest absolute Gasteiger partial charge is 0.387 e. The number of hydrogen-bond donors (Lipinski definition) is 7. The van der Waals surface area contributed by atoms with Crippen LogP contribution in [0.15, 0.2) is 48.8 Å². The molecule has 8 N–H and O–H groups in total. The van der Waals surface area contributed by atoms with Crippen molar-refractivity contribution >= 4 is 51.1 Å². The molecular formula is C21H24N5O13P3. The highest BCUT2D eigenvalue weighted by Gasteiger charge is 2.47. The average Bonchev–Trinajstić information content (AvgIpc) is 3.38. The lowest BCUT2D eigenvalue weighted by Gasteiger charge is -2.19. The van der Waals surface area contributed by atoms with E-state index in [0.29, 0.717) is 11.1 Å². The van der Waals surface area contributed by atoms with E-state index in [0.717, 1.165) is 16.3 Å². The molecular weight excluding hydrogens is 623 g/mol. The van der Waals surface area contributed by atoms with Crippen LogP contribution in [0.5, 0.6) is 0 Å². The highest BCUT2D eigenvalue weighted by Crippen LogP contribution is 2.66. The Morgan fingerprint density at radius 2 is 1.64 bits per heavy atom. The number of rotatable bonds is 10. The van der Waals surface area contributed by atoms with Gasteiger partial charge in [-0.1, -0.05) is 42.5 Å². The Morgan fingerprint density at radius 3 is 2.38 bits per heavy atom. The first-order valence-electron chi connectivity index (χ1n) is 11.9. The van der Waals surface area contributed by atoms with Crippen molar-refractivity contribution in [3.63, 3.8) is 0 Å². The summed E-state index contributed by atoms with van der Waals surface area (Å²) in [6.07, 6.45) is -4.89. The number of hydrogen-bond acceptors (Lipinski definition) is 13. The van der Waals surface area contributed by atoms with Crippen LogP contribution >= 0.6 is 23.5 Å². The summed E-state index contributed by atoms with van der Waals surface area (Å²) in [5, 5.41) is 28.2. The zero-order chi connectivity index (χ0) is 30.4. The molecule has 2 aromatic carbocycles. The predicted molar refractivity (Wildman–Crippen MR) is 142 cm³/mol. The Hall–Kier alpha value is -2.66. The van der Waals surface area contributed by atoms with Gasteiger partial charge in [-0.15, -0.1) is 0 Å². The fraction of sp³-hybridized carbons (Fsp3) is 0.286. The van der Waals surface area contributed by atoms with Gasteiger partial charge in [0, 0.05) is 6.42 Å². The molecule has 226 valence electrons. The number of anilines is 1. The van der Waals surface area contributed by atoms with Gasteiger partial charge >= 0.3 is 23.5 Å². The number of phosphoric acid groups is 3. The monoisotopic (exact) mass is 647 g/mol. The summed E-state index contributed by atoms with van der Waals surface area (Å²) >= 11 is 0. The zero-order valence-electron chi connectivity index (χ0n) is 21.1. The lowest BCUT2D eigenvalue weighted by molar-refractivity contribution is -0.0559. The minimum absolute atomic E-state index is 0.0960. The number of nitrogens with two attached hydrogens (primary N) is 1. The number of ether oxygens (including phenoxy) is 1. The quantitative estimate of drug-likeness (QED) is 0.119. The highest BCUT2D eigenvalue weighted by molar-refractivity contribution is 7.66. The van der Waals surface area contributed by atoms with Crippen molar-refractivity contribution in [2.75, 3.05) is 12.3 Å². The first kappa shape index (κ1) is 30.8. The molecule has 3 heterocycles. The molecule has 4 aromatic rings. The van der Waals surface area contributed by atoms with E-state index in [-0.39, 0.29) is 17.9 Å². The number of fused-ring (bicyclic) bond motifs is 2. The van der Waals surface area contributed by atoms with Gasteiger partial charge in [0.1, 0.15) is 30.5 Å². The molecule has 1 saturated heterocycles. The van der Waals surface area contributed by atoms with Crippen molar-refractivity contribution in [1.82, 2.24) is 19.7 Å². The molecule has 2 aromatic heterocycles. The van der Waals surface area contributed by atoms with E-state index in [1.165, 1.54) is 11.0 Å². The third-order valence-corrected chi connectivity index (χ3v) is 10.0. The van der Waals surface area contributed by atoms with E-state index in [1.54, 1.807) is 0 Å². The molecule has 0 bridgehead atoms. The molecule has 0 radical (unpaired) electrons. The van der Waals surface area contributed by atoms with Crippen LogP contribution in [-0.2, 0) is 38.0 Å². The number of benzene rings is 2. The summed E-state index contributed by atoms with van der Waals surface area (Å²) in [6, 6.07) is 13.5. The number of aliphatic hydroxyl groups is 2. The molecule has 18 nitrogen and oxygen atoms in total. The van der Waals surface area contributed by atoms with E-state index in [9.17, 15) is 33.7 Å². The Labute approximate surface area is 235 Å². The van der Waals surface area contributed by atoms with E-state index in [1.807, 2.05) is 42.5 Å². The van der Waals surface area contributed by atoms with E-state index in [4.69, 9.17) is 20.3 Å². The normalized spacial score (nSPS) is 24.1. The second-order valence-corrected chi connectivity index (χ2v) is 13.5. The van der Waals surface area contributed by atoms with E-state index in [2.05, 4.69) is 28.2 Å². The summed E-state index contributed by atoms with van der Waals surface area (Å²) < 4.78 is 53.1. The molecule has 0 spiro atoms. The average molecular weight is 647 g/mol. The number of phosphoric ester groups is 1. The maximum Gasteiger partial charge on any atom is 0.490 e. The minimum atomic E-state index is -5.75. The van der Waals surface area contributed by atoms with Crippen LogP contribution in [0.4, 0.5) is 5.82 Å². The van der Waals surface area contributed by atoms with Crippen LogP contribution in [-0.4, -0.2) is 74.5 Å². The highest BCUT2D eigenvalue weighted by atomic mass is 31.3. The summed E-state index contributed by atoms with van der Waals surface area (Å²) in [5.41, 5.74) is 7.65. The Kier molecular flexibility index (Phi) is 8.39. The summed E-state index contributed by atoms with van der Waals surface area (Å²) in [7, 11) is -16.8. The molecule has 1 aliphatic rings. The molecule has 0 saturated carbocycles. The molecule has 42 heavy (non-hydrogen) atoms. The molecule has 4 unspecified atom stereocenters. The van der Waals surface area contributed by atoms with Crippen molar-refractivity contribution in [2.45, 2.75) is 31.0 Å². The van der Waals surface area contributed by atoms with Gasteiger partial charge in [0.05, 0.1) is 17.7 Å². The second kappa shape index (κ2) is 11.4. The van der Waals surface area contributed by atoms with Crippen LogP contribution in [0.2, 0.25) is 0 Å².